The number of hydrogen-bond acceptors (Lipinski definition) is 2. The van der Waals surface area contributed by atoms with Crippen molar-refractivity contribution in [2.24, 2.45) is 0 Å². The largest absolute Gasteiger partial charge is 0.480 e. The second kappa shape index (κ2) is 5.35. The average Bonchev–Trinajstić information content (AvgIpc) is 2.58. The highest BCUT2D eigenvalue weighted by atomic mass is 79.9. The topological polar surface area (TPSA) is 62.5 Å². The predicted octanol–water partition coefficient (Wildman–Crippen LogP) is 1.99. The number of carboxylic acids is 1. The van der Waals surface area contributed by atoms with Crippen molar-refractivity contribution >= 4 is 27.8 Å². The van der Waals surface area contributed by atoms with Crippen molar-refractivity contribution in [3.8, 4) is 0 Å². The second-order valence-electron chi connectivity index (χ2n) is 4.10. The minimum Gasteiger partial charge on any atom is -0.480 e. The van der Waals surface area contributed by atoms with Crippen LogP contribution in [0.5, 0.6) is 0 Å². The number of nitrogens with zero attached hydrogens (tertiary/aromatic N) is 2. The van der Waals surface area contributed by atoms with Crippen LogP contribution in [0.2, 0.25) is 0 Å². The summed E-state index contributed by atoms with van der Waals surface area (Å²) in [6.07, 6.45) is 1.81. The number of hydrogen-bond donors (Lipinski definition) is 1. The van der Waals surface area contributed by atoms with E-state index in [1.54, 1.807) is 6.07 Å². The lowest BCUT2D eigenvalue weighted by Gasteiger charge is -2.17. The van der Waals surface area contributed by atoms with E-state index >= 15 is 0 Å². The molecule has 94 valence electrons. The van der Waals surface area contributed by atoms with Gasteiger partial charge >= 0.3 is 5.97 Å². The Kier molecular flexibility index (Phi) is 4.34. The molecule has 0 spiro atoms. The zero-order valence-corrected chi connectivity index (χ0v) is 11.6. The number of carbonyl (C=O) groups is 2. The van der Waals surface area contributed by atoms with Gasteiger partial charge in [-0.05, 0) is 35.8 Å². The number of carbonyl (C=O) groups excluding carboxylic acids is 1. The number of amides is 1. The molecule has 0 unspecified atom stereocenters. The van der Waals surface area contributed by atoms with Gasteiger partial charge in [0, 0.05) is 23.8 Å². The molecule has 0 fully saturated rings. The molecule has 0 bridgehead atoms. The fourth-order valence-electron chi connectivity index (χ4n) is 1.51. The summed E-state index contributed by atoms with van der Waals surface area (Å²) in [7, 11) is 1.47. The minimum atomic E-state index is -1.03. The summed E-state index contributed by atoms with van der Waals surface area (Å²) >= 11 is 3.31. The lowest BCUT2D eigenvalue weighted by molar-refractivity contribution is -0.137. The van der Waals surface area contributed by atoms with E-state index < -0.39 is 5.97 Å². The quantitative estimate of drug-likeness (QED) is 0.925. The van der Waals surface area contributed by atoms with Crippen molar-refractivity contribution in [1.82, 2.24) is 9.47 Å². The van der Waals surface area contributed by atoms with Crippen LogP contribution >= 0.6 is 15.9 Å². The first kappa shape index (κ1) is 13.8. The van der Waals surface area contributed by atoms with Crippen molar-refractivity contribution in [3.05, 3.63) is 22.4 Å². The highest BCUT2D eigenvalue weighted by Gasteiger charge is 2.19. The SMILES string of the molecule is CC(C)n1cc(Br)cc1C(=O)N(C)CC(=O)O. The number of likely N-dealkylation sites (N-methyl/N-ethyl adjacent to an activating group) is 1. The van der Waals surface area contributed by atoms with Crippen LogP contribution in [0.4, 0.5) is 0 Å². The predicted molar refractivity (Wildman–Crippen MR) is 67.1 cm³/mol. The standard InChI is InChI=1S/C11H15BrN2O3/c1-7(2)14-5-8(12)4-9(14)11(17)13(3)6-10(15)16/h4-5,7H,6H2,1-3H3,(H,15,16). The molecule has 0 aliphatic heterocycles. The van der Waals surface area contributed by atoms with Crippen molar-refractivity contribution in [2.75, 3.05) is 13.6 Å². The van der Waals surface area contributed by atoms with Gasteiger partial charge in [0.2, 0.25) is 0 Å². The van der Waals surface area contributed by atoms with Gasteiger partial charge in [-0.2, -0.15) is 0 Å². The van der Waals surface area contributed by atoms with Gasteiger partial charge in [0.15, 0.2) is 0 Å². The maximum Gasteiger partial charge on any atom is 0.323 e. The molecule has 1 aromatic heterocycles. The molecule has 0 radical (unpaired) electrons. The highest BCUT2D eigenvalue weighted by molar-refractivity contribution is 9.10. The van der Waals surface area contributed by atoms with Crippen LogP contribution in [-0.2, 0) is 4.79 Å². The molecule has 0 atom stereocenters. The number of aromatic nitrogens is 1. The third kappa shape index (κ3) is 3.33. The Morgan fingerprint density at radius 3 is 2.59 bits per heavy atom. The van der Waals surface area contributed by atoms with Crippen LogP contribution in [0.3, 0.4) is 0 Å². The van der Waals surface area contributed by atoms with E-state index in [-0.39, 0.29) is 18.5 Å². The summed E-state index contributed by atoms with van der Waals surface area (Å²) in [5.74, 6) is -1.32. The van der Waals surface area contributed by atoms with Gasteiger partial charge < -0.3 is 14.6 Å². The Hall–Kier alpha value is -1.30. The number of halogens is 1. The Bertz CT molecular complexity index is 440. The molecule has 1 rings (SSSR count). The van der Waals surface area contributed by atoms with Crippen LogP contribution in [0.1, 0.15) is 30.4 Å². The Morgan fingerprint density at radius 1 is 1.53 bits per heavy atom. The number of carboxylic acid groups (broad SMARTS) is 1. The van der Waals surface area contributed by atoms with Gasteiger partial charge in [-0.1, -0.05) is 0 Å². The molecule has 0 aliphatic rings. The Labute approximate surface area is 108 Å². The van der Waals surface area contributed by atoms with Gasteiger partial charge in [0.05, 0.1) is 0 Å². The van der Waals surface area contributed by atoms with Gasteiger partial charge in [-0.3, -0.25) is 9.59 Å². The van der Waals surface area contributed by atoms with Gasteiger partial charge in [-0.25, -0.2) is 0 Å². The molecule has 0 saturated carbocycles. The number of rotatable bonds is 4. The van der Waals surface area contributed by atoms with E-state index in [1.165, 1.54) is 11.9 Å². The van der Waals surface area contributed by atoms with E-state index in [4.69, 9.17) is 5.11 Å². The van der Waals surface area contributed by atoms with Crippen LogP contribution < -0.4 is 0 Å². The maximum absolute atomic E-state index is 12.0. The molecular formula is C11H15BrN2O3. The van der Waals surface area contributed by atoms with E-state index in [9.17, 15) is 9.59 Å². The van der Waals surface area contributed by atoms with Crippen LogP contribution in [0.25, 0.3) is 0 Å². The first-order valence-electron chi connectivity index (χ1n) is 5.17. The Morgan fingerprint density at radius 2 is 2.12 bits per heavy atom. The molecule has 1 heterocycles. The monoisotopic (exact) mass is 302 g/mol. The summed E-state index contributed by atoms with van der Waals surface area (Å²) in [4.78, 5) is 23.8. The smallest absolute Gasteiger partial charge is 0.323 e. The first-order valence-corrected chi connectivity index (χ1v) is 5.97. The van der Waals surface area contributed by atoms with Crippen LogP contribution in [0.15, 0.2) is 16.7 Å². The molecule has 0 aliphatic carbocycles. The molecule has 1 aromatic rings. The van der Waals surface area contributed by atoms with Crippen LogP contribution in [-0.4, -0.2) is 40.0 Å². The molecule has 17 heavy (non-hydrogen) atoms. The second-order valence-corrected chi connectivity index (χ2v) is 5.02. The molecule has 5 nitrogen and oxygen atoms in total. The van der Waals surface area contributed by atoms with Crippen LogP contribution in [0, 0.1) is 0 Å². The molecular weight excluding hydrogens is 288 g/mol. The third-order valence-corrected chi connectivity index (χ3v) is 2.74. The zero-order chi connectivity index (χ0) is 13.2. The summed E-state index contributed by atoms with van der Waals surface area (Å²) in [5, 5.41) is 8.65. The first-order chi connectivity index (χ1) is 7.82. The summed E-state index contributed by atoms with van der Waals surface area (Å²) in [5.41, 5.74) is 0.482. The van der Waals surface area contributed by atoms with Gasteiger partial charge in [0.1, 0.15) is 12.2 Å². The van der Waals surface area contributed by atoms with E-state index in [2.05, 4.69) is 15.9 Å². The van der Waals surface area contributed by atoms with Gasteiger partial charge in [-0.15, -0.1) is 0 Å². The lowest BCUT2D eigenvalue weighted by atomic mass is 10.3. The van der Waals surface area contributed by atoms with Crippen molar-refractivity contribution in [2.45, 2.75) is 19.9 Å². The fraction of sp³-hybridized carbons (Fsp3) is 0.455. The fourth-order valence-corrected chi connectivity index (χ4v) is 1.95. The zero-order valence-electron chi connectivity index (χ0n) is 9.98. The van der Waals surface area contributed by atoms with E-state index in [1.807, 2.05) is 24.6 Å². The summed E-state index contributed by atoms with van der Waals surface area (Å²) < 4.78 is 2.61. The maximum atomic E-state index is 12.0. The number of aliphatic carboxylic acids is 1. The lowest BCUT2D eigenvalue weighted by Crippen LogP contribution is -2.33. The normalized spacial score (nSPS) is 10.6. The molecule has 6 heteroatoms. The molecule has 1 amide bonds. The Balaban J connectivity index is 2.99. The minimum absolute atomic E-state index is 0.137. The van der Waals surface area contributed by atoms with Gasteiger partial charge in [0.25, 0.3) is 5.91 Å². The van der Waals surface area contributed by atoms with E-state index in [0.717, 1.165) is 4.47 Å². The summed E-state index contributed by atoms with van der Waals surface area (Å²) in [6, 6.07) is 1.83. The summed E-state index contributed by atoms with van der Waals surface area (Å²) in [6.45, 7) is 3.61. The molecule has 0 saturated heterocycles. The molecule has 0 aromatic carbocycles. The van der Waals surface area contributed by atoms with E-state index in [0.29, 0.717) is 5.69 Å². The highest BCUT2D eigenvalue weighted by Crippen LogP contribution is 2.20. The average molecular weight is 303 g/mol. The van der Waals surface area contributed by atoms with Crippen molar-refractivity contribution < 1.29 is 14.7 Å². The van der Waals surface area contributed by atoms with Crippen molar-refractivity contribution in [3.63, 3.8) is 0 Å². The van der Waals surface area contributed by atoms with Crippen molar-refractivity contribution in [1.29, 1.82) is 0 Å². The third-order valence-electron chi connectivity index (χ3n) is 2.31. The molecule has 1 N–H and O–H groups in total.